The Morgan fingerprint density at radius 1 is 1.25 bits per heavy atom. The van der Waals surface area contributed by atoms with Crippen LogP contribution in [0.4, 0.5) is 0 Å². The zero-order valence-corrected chi connectivity index (χ0v) is 9.95. The Morgan fingerprint density at radius 3 is 2.88 bits per heavy atom. The van der Waals surface area contributed by atoms with Crippen LogP contribution in [0.3, 0.4) is 0 Å². The fourth-order valence-electron chi connectivity index (χ4n) is 1.83. The fraction of sp³-hybridized carbons (Fsp3) is 0.167. The first-order chi connectivity index (χ1) is 7.74. The van der Waals surface area contributed by atoms with Gasteiger partial charge in [-0.25, -0.2) is 9.50 Å². The molecule has 3 nitrogen and oxygen atoms in total. The molecule has 0 aliphatic heterocycles. The van der Waals surface area contributed by atoms with E-state index in [1.807, 2.05) is 36.6 Å². The second-order valence-corrected chi connectivity index (χ2v) is 4.76. The van der Waals surface area contributed by atoms with Gasteiger partial charge in [-0.15, -0.1) is 11.3 Å². The Hall–Kier alpha value is -1.68. The van der Waals surface area contributed by atoms with Gasteiger partial charge in [0.25, 0.3) is 0 Å². The number of hydrogen-bond acceptors (Lipinski definition) is 3. The van der Waals surface area contributed by atoms with Crippen LogP contribution in [0.2, 0.25) is 0 Å². The molecule has 3 heterocycles. The molecule has 0 atom stereocenters. The molecule has 0 radical (unpaired) electrons. The van der Waals surface area contributed by atoms with Crippen LogP contribution >= 0.6 is 11.3 Å². The van der Waals surface area contributed by atoms with Crippen LogP contribution < -0.4 is 0 Å². The Balaban J connectivity index is 2.27. The maximum Gasteiger partial charge on any atom is 0.156 e. The first-order valence-corrected chi connectivity index (χ1v) is 6.00. The molecule has 0 spiro atoms. The maximum absolute atomic E-state index is 4.56. The highest BCUT2D eigenvalue weighted by molar-refractivity contribution is 7.13. The lowest BCUT2D eigenvalue weighted by Crippen LogP contribution is -1.96. The van der Waals surface area contributed by atoms with E-state index in [-0.39, 0.29) is 0 Å². The third-order valence-electron chi connectivity index (χ3n) is 2.51. The van der Waals surface area contributed by atoms with Crippen LogP contribution in [0.15, 0.2) is 29.6 Å². The Kier molecular flexibility index (Phi) is 2.04. The third-order valence-corrected chi connectivity index (χ3v) is 3.40. The predicted octanol–water partition coefficient (Wildman–Crippen LogP) is 3.07. The van der Waals surface area contributed by atoms with Gasteiger partial charge in [0, 0.05) is 17.5 Å². The summed E-state index contributed by atoms with van der Waals surface area (Å²) in [5, 5.41) is 6.62. The topological polar surface area (TPSA) is 30.2 Å². The number of thiophene rings is 1. The van der Waals surface area contributed by atoms with Crippen molar-refractivity contribution in [3.05, 3.63) is 41.0 Å². The number of hydrogen-bond donors (Lipinski definition) is 0. The molecule has 0 bridgehead atoms. The van der Waals surface area contributed by atoms with Gasteiger partial charge in [-0.2, -0.15) is 5.10 Å². The van der Waals surface area contributed by atoms with Crippen LogP contribution in [-0.4, -0.2) is 14.6 Å². The van der Waals surface area contributed by atoms with Crippen molar-refractivity contribution in [1.82, 2.24) is 14.6 Å². The highest BCUT2D eigenvalue weighted by Gasteiger charge is 2.07. The second-order valence-electron chi connectivity index (χ2n) is 3.82. The summed E-state index contributed by atoms with van der Waals surface area (Å²) in [5.74, 6) is 0. The van der Waals surface area contributed by atoms with E-state index in [2.05, 4.69) is 21.5 Å². The molecule has 0 fully saturated rings. The molecule has 0 aromatic carbocycles. The van der Waals surface area contributed by atoms with Gasteiger partial charge in [-0.1, -0.05) is 6.07 Å². The molecule has 3 aromatic rings. The summed E-state index contributed by atoms with van der Waals surface area (Å²) in [7, 11) is 0. The van der Waals surface area contributed by atoms with Gasteiger partial charge in [0.1, 0.15) is 5.69 Å². The average molecular weight is 229 g/mol. The van der Waals surface area contributed by atoms with Crippen molar-refractivity contribution in [2.24, 2.45) is 0 Å². The van der Waals surface area contributed by atoms with Crippen LogP contribution in [0.25, 0.3) is 16.2 Å². The molecule has 0 saturated heterocycles. The van der Waals surface area contributed by atoms with Gasteiger partial charge in [0.15, 0.2) is 5.65 Å². The van der Waals surface area contributed by atoms with E-state index in [0.29, 0.717) is 0 Å². The summed E-state index contributed by atoms with van der Waals surface area (Å²) in [6.45, 7) is 4.05. The molecule has 0 unspecified atom stereocenters. The molecule has 0 aliphatic carbocycles. The Morgan fingerprint density at radius 2 is 2.12 bits per heavy atom. The normalized spacial score (nSPS) is 11.1. The molecule has 4 heteroatoms. The highest BCUT2D eigenvalue weighted by atomic mass is 32.1. The van der Waals surface area contributed by atoms with Crippen molar-refractivity contribution >= 4 is 17.0 Å². The molecule has 3 rings (SSSR count). The number of aromatic nitrogens is 3. The maximum atomic E-state index is 4.56. The van der Waals surface area contributed by atoms with E-state index in [9.17, 15) is 0 Å². The van der Waals surface area contributed by atoms with Crippen molar-refractivity contribution in [2.45, 2.75) is 13.8 Å². The minimum Gasteiger partial charge on any atom is -0.234 e. The standard InChI is InChI=1S/C12H11N3S/c1-8-6-9(2)15-12(13-8)7-10(14-15)11-4-3-5-16-11/h3-7H,1-2H3. The van der Waals surface area contributed by atoms with Crippen molar-refractivity contribution in [3.8, 4) is 10.6 Å². The van der Waals surface area contributed by atoms with Crippen molar-refractivity contribution < 1.29 is 0 Å². The molecule has 3 aromatic heterocycles. The average Bonchev–Trinajstić information content (AvgIpc) is 2.82. The summed E-state index contributed by atoms with van der Waals surface area (Å²) in [4.78, 5) is 5.66. The van der Waals surface area contributed by atoms with Crippen LogP contribution in [0.1, 0.15) is 11.4 Å². The molecule has 0 saturated carbocycles. The zero-order chi connectivity index (χ0) is 11.1. The minimum atomic E-state index is 0.918. The molecule has 16 heavy (non-hydrogen) atoms. The van der Waals surface area contributed by atoms with Crippen molar-refractivity contribution in [3.63, 3.8) is 0 Å². The van der Waals surface area contributed by atoms with Crippen LogP contribution in [0.5, 0.6) is 0 Å². The van der Waals surface area contributed by atoms with Gasteiger partial charge >= 0.3 is 0 Å². The lowest BCUT2D eigenvalue weighted by Gasteiger charge is -1.98. The van der Waals surface area contributed by atoms with Crippen LogP contribution in [0, 0.1) is 13.8 Å². The summed E-state index contributed by atoms with van der Waals surface area (Å²) in [6.07, 6.45) is 0. The van der Waals surface area contributed by atoms with Gasteiger partial charge in [0.2, 0.25) is 0 Å². The lowest BCUT2D eigenvalue weighted by molar-refractivity contribution is 0.890. The molecular weight excluding hydrogens is 218 g/mol. The molecule has 0 aliphatic rings. The number of fused-ring (bicyclic) bond motifs is 1. The fourth-order valence-corrected chi connectivity index (χ4v) is 2.51. The summed E-state index contributed by atoms with van der Waals surface area (Å²) >= 11 is 1.70. The smallest absolute Gasteiger partial charge is 0.156 e. The SMILES string of the molecule is Cc1cc(C)n2nc(-c3cccs3)cc2n1. The highest BCUT2D eigenvalue weighted by Crippen LogP contribution is 2.24. The summed E-state index contributed by atoms with van der Waals surface area (Å²) < 4.78 is 1.89. The summed E-state index contributed by atoms with van der Waals surface area (Å²) in [6, 6.07) is 8.19. The van der Waals surface area contributed by atoms with E-state index >= 15 is 0 Å². The Bertz CT molecular complexity index is 638. The second kappa shape index (κ2) is 3.42. The quantitative estimate of drug-likeness (QED) is 0.642. The van der Waals surface area contributed by atoms with Crippen molar-refractivity contribution in [2.75, 3.05) is 0 Å². The Labute approximate surface area is 97.4 Å². The van der Waals surface area contributed by atoms with Gasteiger partial charge in [0.05, 0.1) is 4.88 Å². The molecule has 0 amide bonds. The first kappa shape index (κ1) is 9.54. The van der Waals surface area contributed by atoms with E-state index in [4.69, 9.17) is 0 Å². The number of aryl methyl sites for hydroxylation is 2. The largest absolute Gasteiger partial charge is 0.234 e. The van der Waals surface area contributed by atoms with Gasteiger partial charge < -0.3 is 0 Å². The zero-order valence-electron chi connectivity index (χ0n) is 9.14. The van der Waals surface area contributed by atoms with E-state index in [1.165, 1.54) is 4.88 Å². The lowest BCUT2D eigenvalue weighted by atomic mass is 10.3. The van der Waals surface area contributed by atoms with Crippen molar-refractivity contribution in [1.29, 1.82) is 0 Å². The molecular formula is C12H11N3S. The van der Waals surface area contributed by atoms with E-state index < -0.39 is 0 Å². The minimum absolute atomic E-state index is 0.918. The van der Waals surface area contributed by atoms with E-state index in [1.54, 1.807) is 11.3 Å². The van der Waals surface area contributed by atoms with Gasteiger partial charge in [-0.05, 0) is 31.4 Å². The molecule has 0 N–H and O–H groups in total. The monoisotopic (exact) mass is 229 g/mol. The first-order valence-electron chi connectivity index (χ1n) is 5.12. The number of nitrogens with zero attached hydrogens (tertiary/aromatic N) is 3. The van der Waals surface area contributed by atoms with E-state index in [0.717, 1.165) is 22.7 Å². The third kappa shape index (κ3) is 1.42. The number of rotatable bonds is 1. The van der Waals surface area contributed by atoms with Gasteiger partial charge in [-0.3, -0.25) is 0 Å². The molecule has 80 valence electrons. The summed E-state index contributed by atoms with van der Waals surface area (Å²) in [5.41, 5.74) is 4.06. The predicted molar refractivity (Wildman–Crippen MR) is 65.8 cm³/mol. The van der Waals surface area contributed by atoms with Crippen LogP contribution in [-0.2, 0) is 0 Å².